The van der Waals surface area contributed by atoms with Gasteiger partial charge < -0.3 is 9.52 Å². The van der Waals surface area contributed by atoms with Crippen LogP contribution >= 0.6 is 11.3 Å². The number of rotatable bonds is 6. The topological polar surface area (TPSA) is 76.2 Å². The summed E-state index contributed by atoms with van der Waals surface area (Å²) >= 11 is 1.55. The average Bonchev–Trinajstić information content (AvgIpc) is 3.32. The molecule has 0 atom stereocenters. The largest absolute Gasteiger partial charge is 0.481 e. The van der Waals surface area contributed by atoms with E-state index in [1.165, 1.54) is 5.56 Å². The Hall–Kier alpha value is -3.25. The van der Waals surface area contributed by atoms with E-state index in [0.29, 0.717) is 18.0 Å². The molecule has 2 heterocycles. The molecule has 0 bridgehead atoms. The number of aliphatic carboxylic acids is 1. The Morgan fingerprint density at radius 3 is 2.64 bits per heavy atom. The third-order valence-electron chi connectivity index (χ3n) is 4.32. The van der Waals surface area contributed by atoms with Crippen LogP contribution in [-0.4, -0.2) is 21.0 Å². The van der Waals surface area contributed by atoms with Gasteiger partial charge in [0.1, 0.15) is 17.0 Å². The summed E-state index contributed by atoms with van der Waals surface area (Å²) < 4.78 is 6.69. The highest BCUT2D eigenvalue weighted by molar-refractivity contribution is 7.19. The number of nitrogens with zero attached hydrogens (tertiary/aromatic N) is 2. The molecule has 0 fully saturated rings. The lowest BCUT2D eigenvalue weighted by molar-refractivity contribution is -0.136. The van der Waals surface area contributed by atoms with Crippen LogP contribution in [-0.2, 0) is 4.79 Å². The highest BCUT2D eigenvalue weighted by atomic mass is 32.1. The number of hydrogen-bond acceptors (Lipinski definition) is 5. The zero-order chi connectivity index (χ0) is 19.5. The van der Waals surface area contributed by atoms with Gasteiger partial charge in [-0.05, 0) is 49.3 Å². The van der Waals surface area contributed by atoms with Crippen LogP contribution in [0.25, 0.3) is 33.3 Å². The van der Waals surface area contributed by atoms with Gasteiger partial charge >= 0.3 is 5.97 Å². The third-order valence-corrected chi connectivity index (χ3v) is 5.43. The van der Waals surface area contributed by atoms with E-state index < -0.39 is 5.97 Å². The van der Waals surface area contributed by atoms with Crippen molar-refractivity contribution in [2.45, 2.75) is 19.8 Å². The van der Waals surface area contributed by atoms with Gasteiger partial charge in [-0.15, -0.1) is 11.3 Å². The SMILES string of the molecule is Cc1ccc(-c2nc(/C=C(/CCC(=O)O)c3nc4ccccc4s3)co2)cc1. The minimum Gasteiger partial charge on any atom is -0.481 e. The molecule has 0 spiro atoms. The Bertz CT molecular complexity index is 1120. The quantitative estimate of drug-likeness (QED) is 0.459. The molecule has 2 aromatic heterocycles. The van der Waals surface area contributed by atoms with Crippen LogP contribution in [0.3, 0.4) is 0 Å². The highest BCUT2D eigenvalue weighted by Crippen LogP contribution is 2.31. The van der Waals surface area contributed by atoms with Crippen LogP contribution in [0.1, 0.15) is 29.1 Å². The Morgan fingerprint density at radius 1 is 1.11 bits per heavy atom. The summed E-state index contributed by atoms with van der Waals surface area (Å²) in [7, 11) is 0. The molecule has 28 heavy (non-hydrogen) atoms. The highest BCUT2D eigenvalue weighted by Gasteiger charge is 2.13. The zero-order valence-electron chi connectivity index (χ0n) is 15.3. The van der Waals surface area contributed by atoms with Gasteiger partial charge in [0.05, 0.1) is 10.2 Å². The first kappa shape index (κ1) is 18.1. The first-order valence-corrected chi connectivity index (χ1v) is 9.71. The molecule has 2 aromatic carbocycles. The Balaban J connectivity index is 1.68. The van der Waals surface area contributed by atoms with E-state index in [4.69, 9.17) is 9.52 Å². The number of thiazole rings is 1. The second-order valence-electron chi connectivity index (χ2n) is 6.49. The Morgan fingerprint density at radius 2 is 1.89 bits per heavy atom. The maximum absolute atomic E-state index is 11.1. The fourth-order valence-electron chi connectivity index (χ4n) is 2.85. The summed E-state index contributed by atoms with van der Waals surface area (Å²) in [6, 6.07) is 15.8. The summed E-state index contributed by atoms with van der Waals surface area (Å²) in [5.41, 5.74) is 4.46. The molecule has 0 amide bonds. The summed E-state index contributed by atoms with van der Waals surface area (Å²) in [4.78, 5) is 20.3. The van der Waals surface area contributed by atoms with E-state index >= 15 is 0 Å². The molecular weight excluding hydrogens is 372 g/mol. The standard InChI is InChI=1S/C22H18N2O3S/c1-14-6-8-15(9-7-14)21-23-17(13-27-21)12-16(10-11-20(25)26)22-24-18-4-2-3-5-19(18)28-22/h2-9,12-13H,10-11H2,1H3,(H,25,26)/b16-12-. The molecule has 1 N–H and O–H groups in total. The first-order valence-electron chi connectivity index (χ1n) is 8.89. The summed E-state index contributed by atoms with van der Waals surface area (Å²) in [6.45, 7) is 2.03. The van der Waals surface area contributed by atoms with E-state index in [1.54, 1.807) is 17.6 Å². The maximum Gasteiger partial charge on any atom is 0.303 e. The van der Waals surface area contributed by atoms with Gasteiger partial charge in [-0.25, -0.2) is 9.97 Å². The van der Waals surface area contributed by atoms with E-state index in [9.17, 15) is 4.79 Å². The molecule has 0 aliphatic carbocycles. The minimum atomic E-state index is -0.840. The van der Waals surface area contributed by atoms with Crippen molar-refractivity contribution in [2.24, 2.45) is 0 Å². The summed E-state index contributed by atoms with van der Waals surface area (Å²) in [5, 5.41) is 9.92. The van der Waals surface area contributed by atoms with Gasteiger partial charge in [0, 0.05) is 12.0 Å². The molecule has 0 aliphatic heterocycles. The van der Waals surface area contributed by atoms with Crippen LogP contribution in [0.4, 0.5) is 0 Å². The predicted molar refractivity (Wildman–Crippen MR) is 111 cm³/mol. The monoisotopic (exact) mass is 390 g/mol. The number of carbonyl (C=O) groups is 1. The van der Waals surface area contributed by atoms with E-state index in [2.05, 4.69) is 9.97 Å². The van der Waals surface area contributed by atoms with Gasteiger partial charge in [0.2, 0.25) is 5.89 Å². The number of para-hydroxylation sites is 1. The van der Waals surface area contributed by atoms with E-state index in [-0.39, 0.29) is 6.42 Å². The number of aromatic nitrogens is 2. The lowest BCUT2D eigenvalue weighted by atomic mass is 10.1. The fourth-order valence-corrected chi connectivity index (χ4v) is 3.86. The van der Waals surface area contributed by atoms with Crippen molar-refractivity contribution in [1.82, 2.24) is 9.97 Å². The maximum atomic E-state index is 11.1. The lowest BCUT2D eigenvalue weighted by Gasteiger charge is -2.01. The molecule has 4 rings (SSSR count). The van der Waals surface area contributed by atoms with Crippen molar-refractivity contribution in [3.63, 3.8) is 0 Å². The van der Waals surface area contributed by atoms with Crippen LogP contribution in [0.15, 0.2) is 59.2 Å². The summed E-state index contributed by atoms with van der Waals surface area (Å²) in [6.07, 6.45) is 3.86. The van der Waals surface area contributed by atoms with Gasteiger partial charge in [-0.2, -0.15) is 0 Å². The van der Waals surface area contributed by atoms with Gasteiger partial charge in [0.25, 0.3) is 0 Å². The normalized spacial score (nSPS) is 11.8. The average molecular weight is 390 g/mol. The molecule has 0 unspecified atom stereocenters. The van der Waals surface area contributed by atoms with Crippen LogP contribution in [0, 0.1) is 6.92 Å². The Kier molecular flexibility index (Phi) is 5.04. The van der Waals surface area contributed by atoms with Gasteiger partial charge in [-0.1, -0.05) is 29.8 Å². The van der Waals surface area contributed by atoms with Crippen LogP contribution < -0.4 is 0 Å². The van der Waals surface area contributed by atoms with E-state index in [0.717, 1.165) is 26.4 Å². The van der Waals surface area contributed by atoms with Crippen molar-refractivity contribution in [3.05, 3.63) is 71.1 Å². The number of hydrogen-bond donors (Lipinski definition) is 1. The summed E-state index contributed by atoms with van der Waals surface area (Å²) in [5.74, 6) is -0.305. The molecular formula is C22H18N2O3S. The van der Waals surface area contributed by atoms with Crippen LogP contribution in [0.5, 0.6) is 0 Å². The number of carboxylic acid groups (broad SMARTS) is 1. The number of aryl methyl sites for hydroxylation is 1. The van der Waals surface area contributed by atoms with Gasteiger partial charge in [0.15, 0.2) is 0 Å². The van der Waals surface area contributed by atoms with Crippen LogP contribution in [0.2, 0.25) is 0 Å². The second-order valence-corrected chi connectivity index (χ2v) is 7.52. The van der Waals surface area contributed by atoms with Crippen molar-refractivity contribution in [1.29, 1.82) is 0 Å². The van der Waals surface area contributed by atoms with E-state index in [1.807, 2.05) is 61.5 Å². The molecule has 140 valence electrons. The molecule has 5 nitrogen and oxygen atoms in total. The molecule has 6 heteroatoms. The minimum absolute atomic E-state index is 0.0322. The zero-order valence-corrected chi connectivity index (χ0v) is 16.1. The predicted octanol–water partition coefficient (Wildman–Crippen LogP) is 5.67. The smallest absolute Gasteiger partial charge is 0.303 e. The lowest BCUT2D eigenvalue weighted by Crippen LogP contribution is -1.95. The van der Waals surface area contributed by atoms with Crippen molar-refractivity contribution < 1.29 is 14.3 Å². The van der Waals surface area contributed by atoms with Crippen molar-refractivity contribution in [3.8, 4) is 11.5 Å². The van der Waals surface area contributed by atoms with Crippen molar-refractivity contribution in [2.75, 3.05) is 0 Å². The molecule has 4 aromatic rings. The Labute approximate surface area is 166 Å². The van der Waals surface area contributed by atoms with Gasteiger partial charge in [-0.3, -0.25) is 4.79 Å². The number of benzene rings is 2. The second kappa shape index (κ2) is 7.78. The first-order chi connectivity index (χ1) is 13.6. The molecule has 0 radical (unpaired) electrons. The third kappa shape index (κ3) is 4.02. The molecule has 0 saturated heterocycles. The van der Waals surface area contributed by atoms with Crippen molar-refractivity contribution >= 4 is 39.2 Å². The molecule has 0 saturated carbocycles. The fraction of sp³-hybridized carbons (Fsp3) is 0.136. The number of carboxylic acids is 1. The molecule has 0 aliphatic rings. The number of allylic oxidation sites excluding steroid dienone is 1. The number of fused-ring (bicyclic) bond motifs is 1. The number of oxazole rings is 1.